The van der Waals surface area contributed by atoms with Crippen molar-refractivity contribution in [2.45, 2.75) is 44.3 Å². The van der Waals surface area contributed by atoms with E-state index < -0.39 is 0 Å². The van der Waals surface area contributed by atoms with E-state index in [2.05, 4.69) is 25.6 Å². The van der Waals surface area contributed by atoms with Crippen LogP contribution < -0.4 is 16.4 Å². The average molecular weight is 402 g/mol. The third-order valence-corrected chi connectivity index (χ3v) is 5.49. The topological polar surface area (TPSA) is 114 Å². The van der Waals surface area contributed by atoms with Gasteiger partial charge in [0.1, 0.15) is 5.75 Å². The van der Waals surface area contributed by atoms with E-state index >= 15 is 0 Å². The van der Waals surface area contributed by atoms with Gasteiger partial charge in [0, 0.05) is 31.2 Å². The Morgan fingerprint density at radius 2 is 2.04 bits per heavy atom. The number of aromatic hydroxyl groups is 1. The third-order valence-electron chi connectivity index (χ3n) is 5.18. The van der Waals surface area contributed by atoms with Gasteiger partial charge in [-0.1, -0.05) is 23.7 Å². The second-order valence-corrected chi connectivity index (χ2v) is 7.69. The summed E-state index contributed by atoms with van der Waals surface area (Å²) in [6, 6.07) is 5.88. The summed E-state index contributed by atoms with van der Waals surface area (Å²) < 4.78 is 1.86. The molecule has 9 heteroatoms. The van der Waals surface area contributed by atoms with Crippen molar-refractivity contribution in [1.82, 2.24) is 19.5 Å². The van der Waals surface area contributed by atoms with Gasteiger partial charge < -0.3 is 26.0 Å². The maximum absolute atomic E-state index is 10.1. The summed E-state index contributed by atoms with van der Waals surface area (Å²) in [5.41, 5.74) is 8.11. The lowest BCUT2D eigenvalue weighted by Gasteiger charge is -2.26. The van der Waals surface area contributed by atoms with Crippen LogP contribution in [-0.2, 0) is 13.6 Å². The summed E-state index contributed by atoms with van der Waals surface area (Å²) in [5, 5.41) is 17.2. The van der Waals surface area contributed by atoms with Crippen LogP contribution in [0.25, 0.3) is 11.2 Å². The van der Waals surface area contributed by atoms with Gasteiger partial charge in [0.2, 0.25) is 5.95 Å². The number of nitrogens with zero attached hydrogens (tertiary/aromatic N) is 4. The minimum atomic E-state index is 0.0693. The molecule has 1 saturated carbocycles. The van der Waals surface area contributed by atoms with Crippen LogP contribution in [0.4, 0.5) is 11.8 Å². The Labute approximate surface area is 168 Å². The number of anilines is 2. The number of nitrogens with one attached hydrogen (secondary N) is 2. The number of benzene rings is 1. The highest BCUT2D eigenvalue weighted by Gasteiger charge is 2.20. The monoisotopic (exact) mass is 401 g/mol. The van der Waals surface area contributed by atoms with Crippen LogP contribution in [0, 0.1) is 0 Å². The SMILES string of the molecule is Cn1cnc2c(NCc3cccc(Cl)c3O)nc(NC3CCC(N)CC3)nc21. The zero-order valence-electron chi connectivity index (χ0n) is 15.7. The number of aryl methyl sites for hydroxylation is 1. The van der Waals surface area contributed by atoms with Gasteiger partial charge in [-0.3, -0.25) is 0 Å². The first-order chi connectivity index (χ1) is 13.5. The summed E-state index contributed by atoms with van der Waals surface area (Å²) in [4.78, 5) is 13.7. The number of phenolic OH excluding ortho intramolecular Hbond substituents is 1. The maximum Gasteiger partial charge on any atom is 0.227 e. The maximum atomic E-state index is 10.1. The van der Waals surface area contributed by atoms with E-state index in [0.29, 0.717) is 46.5 Å². The number of hydrogen-bond donors (Lipinski definition) is 4. The molecule has 1 aromatic carbocycles. The molecule has 0 amide bonds. The molecule has 5 N–H and O–H groups in total. The standard InChI is InChI=1S/C19H24ClN7O/c1-27-10-23-15-17(22-9-11-3-2-4-14(20)16(11)28)25-19(26-18(15)27)24-13-7-5-12(21)6-8-13/h2-4,10,12-13,28H,5-9,21H2,1H3,(H2,22,24,25,26). The number of nitrogens with two attached hydrogens (primary N) is 1. The molecular weight excluding hydrogens is 378 g/mol. The second kappa shape index (κ2) is 7.81. The van der Waals surface area contributed by atoms with Gasteiger partial charge in [-0.05, 0) is 31.7 Å². The molecule has 0 saturated heterocycles. The van der Waals surface area contributed by atoms with Crippen molar-refractivity contribution in [1.29, 1.82) is 0 Å². The van der Waals surface area contributed by atoms with Crippen molar-refractivity contribution in [2.24, 2.45) is 12.8 Å². The first-order valence-electron chi connectivity index (χ1n) is 9.42. The molecule has 0 bridgehead atoms. The molecular formula is C19H24ClN7O. The Morgan fingerprint density at radius 3 is 2.82 bits per heavy atom. The largest absolute Gasteiger partial charge is 0.506 e. The Hall–Kier alpha value is -2.58. The average Bonchev–Trinajstić information content (AvgIpc) is 3.06. The van der Waals surface area contributed by atoms with Crippen LogP contribution in [0.2, 0.25) is 5.02 Å². The zero-order valence-corrected chi connectivity index (χ0v) is 16.4. The van der Waals surface area contributed by atoms with Crippen LogP contribution in [0.3, 0.4) is 0 Å². The smallest absolute Gasteiger partial charge is 0.227 e. The molecule has 3 aromatic rings. The van der Waals surface area contributed by atoms with Gasteiger partial charge in [0.05, 0.1) is 11.3 Å². The molecule has 1 aliphatic carbocycles. The number of aromatic nitrogens is 4. The van der Waals surface area contributed by atoms with Crippen LogP contribution in [-0.4, -0.2) is 36.7 Å². The first-order valence-corrected chi connectivity index (χ1v) is 9.80. The fourth-order valence-corrected chi connectivity index (χ4v) is 3.72. The van der Waals surface area contributed by atoms with E-state index in [-0.39, 0.29) is 5.75 Å². The van der Waals surface area contributed by atoms with E-state index in [4.69, 9.17) is 17.3 Å². The van der Waals surface area contributed by atoms with Crippen LogP contribution in [0.15, 0.2) is 24.5 Å². The molecule has 1 fully saturated rings. The highest BCUT2D eigenvalue weighted by atomic mass is 35.5. The summed E-state index contributed by atoms with van der Waals surface area (Å²) in [5.74, 6) is 1.24. The molecule has 0 spiro atoms. The van der Waals surface area contributed by atoms with E-state index in [0.717, 1.165) is 31.3 Å². The lowest BCUT2D eigenvalue weighted by molar-refractivity contribution is 0.410. The molecule has 0 radical (unpaired) electrons. The summed E-state index contributed by atoms with van der Waals surface area (Å²) in [6.07, 6.45) is 5.74. The predicted octanol–water partition coefficient (Wildman–Crippen LogP) is 3.02. The summed E-state index contributed by atoms with van der Waals surface area (Å²) in [6.45, 7) is 0.368. The molecule has 0 unspecified atom stereocenters. The molecule has 28 heavy (non-hydrogen) atoms. The Kier molecular flexibility index (Phi) is 5.23. The molecule has 0 aliphatic heterocycles. The fourth-order valence-electron chi connectivity index (χ4n) is 3.52. The van der Waals surface area contributed by atoms with E-state index in [9.17, 15) is 5.11 Å². The van der Waals surface area contributed by atoms with Gasteiger partial charge in [0.25, 0.3) is 0 Å². The Bertz CT molecular complexity index is 982. The number of halogens is 1. The lowest BCUT2D eigenvalue weighted by Crippen LogP contribution is -2.33. The number of imidazole rings is 1. The first kappa shape index (κ1) is 18.8. The number of hydrogen-bond acceptors (Lipinski definition) is 7. The molecule has 4 rings (SSSR count). The summed E-state index contributed by atoms with van der Waals surface area (Å²) in [7, 11) is 1.90. The third kappa shape index (κ3) is 3.83. The summed E-state index contributed by atoms with van der Waals surface area (Å²) >= 11 is 6.00. The van der Waals surface area contributed by atoms with E-state index in [1.807, 2.05) is 17.7 Å². The molecule has 2 aromatic heterocycles. The fraction of sp³-hybridized carbons (Fsp3) is 0.421. The molecule has 8 nitrogen and oxygen atoms in total. The number of para-hydroxylation sites is 1. The lowest BCUT2D eigenvalue weighted by atomic mass is 9.92. The minimum Gasteiger partial charge on any atom is -0.506 e. The van der Waals surface area contributed by atoms with E-state index in [1.165, 1.54) is 0 Å². The van der Waals surface area contributed by atoms with Crippen molar-refractivity contribution < 1.29 is 5.11 Å². The predicted molar refractivity (Wildman–Crippen MR) is 111 cm³/mol. The van der Waals surface area contributed by atoms with Gasteiger partial charge >= 0.3 is 0 Å². The Morgan fingerprint density at radius 1 is 1.25 bits per heavy atom. The Balaban J connectivity index is 1.58. The highest BCUT2D eigenvalue weighted by Crippen LogP contribution is 2.29. The van der Waals surface area contributed by atoms with Crippen molar-refractivity contribution in [3.05, 3.63) is 35.1 Å². The quantitative estimate of drug-likeness (QED) is 0.519. The van der Waals surface area contributed by atoms with Gasteiger partial charge in [-0.15, -0.1) is 0 Å². The highest BCUT2D eigenvalue weighted by molar-refractivity contribution is 6.32. The van der Waals surface area contributed by atoms with Crippen LogP contribution in [0.1, 0.15) is 31.2 Å². The van der Waals surface area contributed by atoms with Gasteiger partial charge in [-0.25, -0.2) is 4.98 Å². The normalized spacial score (nSPS) is 19.7. The molecule has 1 aliphatic rings. The van der Waals surface area contributed by atoms with Gasteiger partial charge in [-0.2, -0.15) is 9.97 Å². The number of fused-ring (bicyclic) bond motifs is 1. The van der Waals surface area contributed by atoms with Gasteiger partial charge in [0.15, 0.2) is 17.0 Å². The zero-order chi connectivity index (χ0) is 19.7. The van der Waals surface area contributed by atoms with Crippen molar-refractivity contribution in [3.8, 4) is 5.75 Å². The van der Waals surface area contributed by atoms with Crippen LogP contribution in [0.5, 0.6) is 5.75 Å². The molecule has 0 atom stereocenters. The van der Waals surface area contributed by atoms with Crippen molar-refractivity contribution in [2.75, 3.05) is 10.6 Å². The number of phenols is 1. The molecule has 148 valence electrons. The van der Waals surface area contributed by atoms with Crippen LogP contribution >= 0.6 is 11.6 Å². The minimum absolute atomic E-state index is 0.0693. The molecule has 2 heterocycles. The van der Waals surface area contributed by atoms with Crippen molar-refractivity contribution >= 4 is 34.5 Å². The second-order valence-electron chi connectivity index (χ2n) is 7.28. The van der Waals surface area contributed by atoms with E-state index in [1.54, 1.807) is 18.5 Å². The van der Waals surface area contributed by atoms with Crippen molar-refractivity contribution in [3.63, 3.8) is 0 Å². The number of rotatable bonds is 5.